The van der Waals surface area contributed by atoms with Gasteiger partial charge in [0.1, 0.15) is 11.8 Å². The molecule has 2 aliphatic rings. The van der Waals surface area contributed by atoms with Gasteiger partial charge in [0.25, 0.3) is 18.2 Å². The Kier molecular flexibility index (Phi) is 9.11. The predicted octanol–water partition coefficient (Wildman–Crippen LogP) is 5.27. The quantitative estimate of drug-likeness (QED) is 0.251. The Morgan fingerprint density at radius 3 is 2.44 bits per heavy atom. The highest BCUT2D eigenvalue weighted by molar-refractivity contribution is 5.96. The van der Waals surface area contributed by atoms with E-state index in [9.17, 15) is 35.9 Å². The van der Waals surface area contributed by atoms with Crippen LogP contribution in [-0.4, -0.2) is 56.9 Å². The predicted molar refractivity (Wildman–Crippen MR) is 137 cm³/mol. The number of halogens is 6. The molecule has 1 unspecified atom stereocenters. The van der Waals surface area contributed by atoms with Gasteiger partial charge in [0.2, 0.25) is 18.3 Å². The minimum absolute atomic E-state index is 0.0806. The summed E-state index contributed by atoms with van der Waals surface area (Å²) in [4.78, 5) is 30.1. The SMILES string of the molecule is O=C(CCC(F)F)NC(c1cnn2cc([C@@H](NC(=O)c3conc3OCC(F)F)C3CCC(F)(F)CC3)nc2c1)C1CC1. The van der Waals surface area contributed by atoms with Crippen LogP contribution in [0.5, 0.6) is 5.88 Å². The van der Waals surface area contributed by atoms with Crippen molar-refractivity contribution in [1.82, 2.24) is 30.4 Å². The zero-order valence-electron chi connectivity index (χ0n) is 22.8. The number of carbonyl (C=O) groups excluding carboxylic acids is 2. The van der Waals surface area contributed by atoms with Crippen molar-refractivity contribution >= 4 is 17.5 Å². The average Bonchev–Trinajstić information content (AvgIpc) is 3.53. The highest BCUT2D eigenvalue weighted by Gasteiger charge is 2.40. The number of amides is 2. The van der Waals surface area contributed by atoms with Crippen LogP contribution < -0.4 is 15.4 Å². The zero-order valence-corrected chi connectivity index (χ0v) is 22.8. The zero-order chi connectivity index (χ0) is 30.7. The second-order valence-electron chi connectivity index (χ2n) is 10.9. The molecule has 2 N–H and O–H groups in total. The molecule has 0 aliphatic heterocycles. The van der Waals surface area contributed by atoms with Gasteiger partial charge in [-0.25, -0.2) is 35.8 Å². The van der Waals surface area contributed by atoms with Crippen LogP contribution in [0, 0.1) is 11.8 Å². The number of carbonyl (C=O) groups is 2. The van der Waals surface area contributed by atoms with Crippen molar-refractivity contribution in [1.29, 1.82) is 0 Å². The molecule has 3 aromatic rings. The van der Waals surface area contributed by atoms with Crippen molar-refractivity contribution < 1.29 is 45.2 Å². The van der Waals surface area contributed by atoms with Gasteiger partial charge < -0.3 is 19.9 Å². The number of hydrogen-bond acceptors (Lipinski definition) is 7. The fourth-order valence-corrected chi connectivity index (χ4v) is 5.29. The number of alkyl halides is 6. The Bertz CT molecular complexity index is 1420. The van der Waals surface area contributed by atoms with Crippen LogP contribution in [0.1, 0.15) is 85.1 Å². The Morgan fingerprint density at radius 1 is 1.05 bits per heavy atom. The van der Waals surface area contributed by atoms with Crippen molar-refractivity contribution in [2.75, 3.05) is 6.61 Å². The van der Waals surface area contributed by atoms with E-state index in [2.05, 4.69) is 25.9 Å². The molecule has 2 fully saturated rings. The topological polar surface area (TPSA) is 124 Å². The van der Waals surface area contributed by atoms with E-state index in [0.29, 0.717) is 16.9 Å². The smallest absolute Gasteiger partial charge is 0.272 e. The second kappa shape index (κ2) is 12.8. The molecule has 234 valence electrons. The van der Waals surface area contributed by atoms with E-state index in [4.69, 9.17) is 9.26 Å². The molecule has 43 heavy (non-hydrogen) atoms. The number of ether oxygens (including phenoxy) is 1. The molecular weight excluding hydrogens is 586 g/mol. The summed E-state index contributed by atoms with van der Waals surface area (Å²) in [5, 5.41) is 13.4. The summed E-state index contributed by atoms with van der Waals surface area (Å²) in [6.45, 7) is -1.01. The maximum Gasteiger partial charge on any atom is 0.272 e. The highest BCUT2D eigenvalue weighted by atomic mass is 19.3. The normalized spacial score (nSPS) is 18.6. The molecule has 0 bridgehead atoms. The molecule has 10 nitrogen and oxygen atoms in total. The van der Waals surface area contributed by atoms with Crippen LogP contribution in [-0.2, 0) is 4.79 Å². The molecule has 2 saturated carbocycles. The number of imidazole rings is 1. The fourth-order valence-electron chi connectivity index (χ4n) is 5.29. The van der Waals surface area contributed by atoms with E-state index in [0.717, 1.165) is 19.1 Å². The summed E-state index contributed by atoms with van der Waals surface area (Å²) in [6, 6.07) is 0.385. The van der Waals surface area contributed by atoms with Gasteiger partial charge in [0.05, 0.1) is 30.2 Å². The third-order valence-electron chi connectivity index (χ3n) is 7.68. The van der Waals surface area contributed by atoms with Crippen LogP contribution in [0.25, 0.3) is 5.65 Å². The average molecular weight is 617 g/mol. The first-order valence-corrected chi connectivity index (χ1v) is 14.0. The Hall–Kier alpha value is -3.85. The molecule has 3 heterocycles. The summed E-state index contributed by atoms with van der Waals surface area (Å²) < 4.78 is 89.5. The Balaban J connectivity index is 1.39. The third-order valence-corrected chi connectivity index (χ3v) is 7.68. The molecule has 3 aromatic heterocycles. The summed E-state index contributed by atoms with van der Waals surface area (Å²) in [7, 11) is 0. The molecule has 2 atom stereocenters. The Morgan fingerprint density at radius 2 is 1.77 bits per heavy atom. The second-order valence-corrected chi connectivity index (χ2v) is 10.9. The van der Waals surface area contributed by atoms with E-state index in [1.165, 1.54) is 10.7 Å². The van der Waals surface area contributed by atoms with Gasteiger partial charge in [0, 0.05) is 25.7 Å². The van der Waals surface area contributed by atoms with E-state index >= 15 is 0 Å². The summed E-state index contributed by atoms with van der Waals surface area (Å²) in [5.41, 5.74) is 1.06. The lowest BCUT2D eigenvalue weighted by Gasteiger charge is -2.33. The van der Waals surface area contributed by atoms with Gasteiger partial charge in [0.15, 0.2) is 12.3 Å². The van der Waals surface area contributed by atoms with Gasteiger partial charge in [-0.3, -0.25) is 9.59 Å². The lowest BCUT2D eigenvalue weighted by atomic mass is 9.81. The van der Waals surface area contributed by atoms with Crippen LogP contribution in [0.3, 0.4) is 0 Å². The molecule has 5 rings (SSSR count). The molecule has 0 aromatic carbocycles. The number of rotatable bonds is 13. The highest BCUT2D eigenvalue weighted by Crippen LogP contribution is 2.43. The van der Waals surface area contributed by atoms with E-state index in [1.807, 2.05) is 0 Å². The van der Waals surface area contributed by atoms with Gasteiger partial charge in [-0.2, -0.15) is 5.10 Å². The Labute approximate surface area is 241 Å². The first-order valence-electron chi connectivity index (χ1n) is 14.0. The van der Waals surface area contributed by atoms with Crippen molar-refractivity contribution in [2.45, 2.75) is 82.2 Å². The number of nitrogens with zero attached hydrogens (tertiary/aromatic N) is 4. The summed E-state index contributed by atoms with van der Waals surface area (Å²) in [6.07, 6.45) is -1.16. The van der Waals surface area contributed by atoms with E-state index in [-0.39, 0.29) is 43.6 Å². The standard InChI is InChI=1S/C27H30F6N6O4/c28-19(29)3-4-22(40)36-23(14-1-2-14)16-9-21-35-18(11-39(21)34-10-16)24(15-5-7-27(32,33)8-6-15)37-25(41)17-12-43-38-26(17)42-13-20(30)31/h9-12,14-15,19-20,23-24H,1-8,13H2,(H,36,40)(H,37,41)/t23?,24-/m0/s1. The van der Waals surface area contributed by atoms with Gasteiger partial charge in [-0.15, -0.1) is 0 Å². The van der Waals surface area contributed by atoms with Crippen LogP contribution in [0.4, 0.5) is 26.3 Å². The van der Waals surface area contributed by atoms with E-state index in [1.54, 1.807) is 12.3 Å². The lowest BCUT2D eigenvalue weighted by Crippen LogP contribution is -2.37. The van der Waals surface area contributed by atoms with Gasteiger partial charge in [-0.05, 0) is 54.3 Å². The van der Waals surface area contributed by atoms with Crippen molar-refractivity contribution in [2.24, 2.45) is 11.8 Å². The van der Waals surface area contributed by atoms with Gasteiger partial charge >= 0.3 is 0 Å². The van der Waals surface area contributed by atoms with Crippen molar-refractivity contribution in [3.8, 4) is 5.88 Å². The van der Waals surface area contributed by atoms with E-state index < -0.39 is 67.5 Å². The summed E-state index contributed by atoms with van der Waals surface area (Å²) in [5.74, 6) is -4.86. The molecular formula is C27H30F6N6O4. The van der Waals surface area contributed by atoms with Gasteiger partial charge in [-0.1, -0.05) is 0 Å². The minimum Gasteiger partial charge on any atom is -0.469 e. The van der Waals surface area contributed by atoms with Crippen molar-refractivity contribution in [3.63, 3.8) is 0 Å². The first-order chi connectivity index (χ1) is 20.5. The van der Waals surface area contributed by atoms with Crippen LogP contribution >= 0.6 is 0 Å². The summed E-state index contributed by atoms with van der Waals surface area (Å²) >= 11 is 0. The molecule has 0 spiro atoms. The molecule has 2 aliphatic carbocycles. The fraction of sp³-hybridized carbons (Fsp3) is 0.593. The molecule has 16 heteroatoms. The molecule has 0 radical (unpaired) electrons. The van der Waals surface area contributed by atoms with Crippen molar-refractivity contribution in [3.05, 3.63) is 41.5 Å². The monoisotopic (exact) mass is 616 g/mol. The number of aromatic nitrogens is 4. The third kappa shape index (κ3) is 7.76. The maximum absolute atomic E-state index is 14.0. The number of hydrogen-bond donors (Lipinski definition) is 2. The molecule has 2 amide bonds. The number of nitrogens with one attached hydrogen (secondary N) is 2. The minimum atomic E-state index is -2.83. The molecule has 0 saturated heterocycles. The first kappa shape index (κ1) is 30.6. The van der Waals surface area contributed by atoms with Crippen LogP contribution in [0.15, 0.2) is 29.2 Å². The van der Waals surface area contributed by atoms with Crippen LogP contribution in [0.2, 0.25) is 0 Å². The lowest BCUT2D eigenvalue weighted by molar-refractivity contribution is -0.122. The number of fused-ring (bicyclic) bond motifs is 1. The maximum atomic E-state index is 14.0. The largest absolute Gasteiger partial charge is 0.469 e.